The summed E-state index contributed by atoms with van der Waals surface area (Å²) in [5, 5.41) is 0. The fourth-order valence-corrected chi connectivity index (χ4v) is 1.60. The Bertz CT molecular complexity index is 79.3. The van der Waals surface area contributed by atoms with Crippen LogP contribution in [0.5, 0.6) is 0 Å². The van der Waals surface area contributed by atoms with Crippen LogP contribution in [0.2, 0.25) is 0 Å². The van der Waals surface area contributed by atoms with Crippen LogP contribution in [0, 0.1) is 0 Å². The summed E-state index contributed by atoms with van der Waals surface area (Å²) >= 11 is 4.89. The van der Waals surface area contributed by atoms with Gasteiger partial charge in [-0.2, -0.15) is 0 Å². The Balaban J connectivity index is 2.02. The first-order valence-corrected chi connectivity index (χ1v) is 4.81. The van der Waals surface area contributed by atoms with E-state index in [2.05, 4.69) is 4.90 Å². The molecule has 0 N–H and O–H groups in total. The Labute approximate surface area is 69.2 Å². The minimum atomic E-state index is 0.927. The predicted octanol–water partition coefficient (Wildman–Crippen LogP) is 2.06. The Kier molecular flexibility index (Phi) is 4.23. The molecule has 0 aromatic rings. The third-order valence-electron chi connectivity index (χ3n) is 2.07. The third kappa shape index (κ3) is 2.93. The highest BCUT2D eigenvalue weighted by molar-refractivity contribution is 7.80. The molecule has 1 aliphatic rings. The average molecular weight is 158 g/mol. The lowest BCUT2D eigenvalue weighted by Gasteiger charge is -2.25. The van der Waals surface area contributed by atoms with Gasteiger partial charge in [0.05, 0.1) is 0 Å². The van der Waals surface area contributed by atoms with E-state index in [0.717, 1.165) is 5.75 Å². The molecular formula is C8H16NS. The van der Waals surface area contributed by atoms with E-state index >= 15 is 0 Å². The molecule has 1 saturated heterocycles. The van der Waals surface area contributed by atoms with Gasteiger partial charge in [-0.25, -0.2) is 0 Å². The summed E-state index contributed by atoms with van der Waals surface area (Å²) in [5.41, 5.74) is 0. The molecule has 0 aromatic heterocycles. The lowest BCUT2D eigenvalue weighted by atomic mass is 10.1. The summed E-state index contributed by atoms with van der Waals surface area (Å²) in [7, 11) is 0. The first-order chi connectivity index (χ1) is 4.93. The van der Waals surface area contributed by atoms with Crippen LogP contribution in [0.4, 0.5) is 0 Å². The lowest BCUT2D eigenvalue weighted by Crippen LogP contribution is -2.30. The van der Waals surface area contributed by atoms with Crippen molar-refractivity contribution in [1.82, 2.24) is 4.90 Å². The highest BCUT2D eigenvalue weighted by atomic mass is 32.1. The second kappa shape index (κ2) is 5.03. The van der Waals surface area contributed by atoms with Crippen LogP contribution in [-0.4, -0.2) is 30.3 Å². The van der Waals surface area contributed by atoms with Crippen LogP contribution in [0.3, 0.4) is 0 Å². The van der Waals surface area contributed by atoms with Crippen LogP contribution < -0.4 is 0 Å². The maximum Gasteiger partial charge on any atom is 0.00491 e. The van der Waals surface area contributed by atoms with Crippen molar-refractivity contribution in [2.75, 3.05) is 25.4 Å². The molecule has 1 aliphatic heterocycles. The quantitative estimate of drug-likeness (QED) is 0.607. The number of piperidine rings is 1. The summed E-state index contributed by atoms with van der Waals surface area (Å²) in [6, 6.07) is 0. The minimum Gasteiger partial charge on any atom is -0.303 e. The molecule has 0 saturated carbocycles. The molecule has 1 heterocycles. The molecule has 0 aromatic carbocycles. The molecule has 1 fully saturated rings. The molecule has 0 bridgehead atoms. The first-order valence-electron chi connectivity index (χ1n) is 4.24. The van der Waals surface area contributed by atoms with Crippen molar-refractivity contribution in [1.29, 1.82) is 0 Å². The van der Waals surface area contributed by atoms with Crippen LogP contribution in [0.1, 0.15) is 25.7 Å². The van der Waals surface area contributed by atoms with Crippen molar-refractivity contribution in [3.8, 4) is 0 Å². The van der Waals surface area contributed by atoms with Crippen molar-refractivity contribution in [3.63, 3.8) is 0 Å². The molecule has 0 spiro atoms. The third-order valence-corrected chi connectivity index (χ3v) is 2.36. The topological polar surface area (TPSA) is 3.24 Å². The smallest absolute Gasteiger partial charge is 0.00491 e. The van der Waals surface area contributed by atoms with Gasteiger partial charge >= 0.3 is 0 Å². The Hall–Kier alpha value is 0.310. The van der Waals surface area contributed by atoms with Crippen LogP contribution in [0.15, 0.2) is 0 Å². The lowest BCUT2D eigenvalue weighted by molar-refractivity contribution is 0.230. The van der Waals surface area contributed by atoms with E-state index < -0.39 is 0 Å². The Morgan fingerprint density at radius 1 is 1.10 bits per heavy atom. The normalized spacial score (nSPS) is 21.3. The SMILES string of the molecule is [S]CCCN1CCCCC1. The van der Waals surface area contributed by atoms with Crippen molar-refractivity contribution in [2.45, 2.75) is 25.7 Å². The fraction of sp³-hybridized carbons (Fsp3) is 1.00. The van der Waals surface area contributed by atoms with Gasteiger partial charge in [0.25, 0.3) is 0 Å². The van der Waals surface area contributed by atoms with Crippen molar-refractivity contribution >= 4 is 12.6 Å². The van der Waals surface area contributed by atoms with Gasteiger partial charge in [0, 0.05) is 5.75 Å². The largest absolute Gasteiger partial charge is 0.303 e. The molecule has 0 aliphatic carbocycles. The summed E-state index contributed by atoms with van der Waals surface area (Å²) < 4.78 is 0. The molecule has 0 atom stereocenters. The zero-order valence-electron chi connectivity index (χ0n) is 6.51. The predicted molar refractivity (Wildman–Crippen MR) is 47.4 cm³/mol. The molecule has 10 heavy (non-hydrogen) atoms. The Morgan fingerprint density at radius 3 is 2.40 bits per heavy atom. The van der Waals surface area contributed by atoms with E-state index in [9.17, 15) is 0 Å². The number of hydrogen-bond acceptors (Lipinski definition) is 1. The van der Waals surface area contributed by atoms with Crippen LogP contribution >= 0.6 is 12.6 Å². The van der Waals surface area contributed by atoms with Gasteiger partial charge in [-0.1, -0.05) is 19.0 Å². The molecule has 59 valence electrons. The highest BCUT2D eigenvalue weighted by Crippen LogP contribution is 2.08. The molecule has 0 unspecified atom stereocenters. The fourth-order valence-electron chi connectivity index (χ4n) is 1.47. The summed E-state index contributed by atoms with van der Waals surface area (Å²) in [4.78, 5) is 2.54. The van der Waals surface area contributed by atoms with Gasteiger partial charge in [-0.15, -0.1) is 0 Å². The summed E-state index contributed by atoms with van der Waals surface area (Å²) in [5.74, 6) is 0.927. The maximum absolute atomic E-state index is 4.89. The monoisotopic (exact) mass is 158 g/mol. The van der Waals surface area contributed by atoms with Crippen molar-refractivity contribution < 1.29 is 0 Å². The van der Waals surface area contributed by atoms with E-state index in [1.807, 2.05) is 0 Å². The second-order valence-electron chi connectivity index (χ2n) is 2.96. The average Bonchev–Trinajstić information content (AvgIpc) is 2.03. The maximum atomic E-state index is 4.89. The standard InChI is InChI=1S/C8H16NS/c10-8-4-7-9-5-2-1-3-6-9/h1-8H2. The van der Waals surface area contributed by atoms with Gasteiger partial charge in [0.15, 0.2) is 0 Å². The van der Waals surface area contributed by atoms with Gasteiger partial charge in [-0.05, 0) is 38.9 Å². The first kappa shape index (κ1) is 8.41. The molecule has 1 nitrogen and oxygen atoms in total. The van der Waals surface area contributed by atoms with E-state index in [1.165, 1.54) is 45.3 Å². The summed E-state index contributed by atoms with van der Waals surface area (Å²) in [6.45, 7) is 3.87. The van der Waals surface area contributed by atoms with Crippen LogP contribution in [0.25, 0.3) is 0 Å². The molecule has 2 heteroatoms. The number of rotatable bonds is 3. The second-order valence-corrected chi connectivity index (χ2v) is 3.37. The van der Waals surface area contributed by atoms with Crippen LogP contribution in [-0.2, 0) is 0 Å². The molecule has 0 amide bonds. The van der Waals surface area contributed by atoms with E-state index in [-0.39, 0.29) is 0 Å². The molecule has 1 radical (unpaired) electrons. The number of likely N-dealkylation sites (tertiary alicyclic amines) is 1. The summed E-state index contributed by atoms with van der Waals surface area (Å²) in [6.07, 6.45) is 5.44. The number of nitrogens with zero attached hydrogens (tertiary/aromatic N) is 1. The molecular weight excluding hydrogens is 142 g/mol. The van der Waals surface area contributed by atoms with E-state index in [1.54, 1.807) is 0 Å². The Morgan fingerprint density at radius 2 is 1.80 bits per heavy atom. The zero-order valence-corrected chi connectivity index (χ0v) is 7.33. The molecule has 1 rings (SSSR count). The zero-order chi connectivity index (χ0) is 7.23. The van der Waals surface area contributed by atoms with Gasteiger partial charge < -0.3 is 4.90 Å². The van der Waals surface area contributed by atoms with Gasteiger partial charge in [0.1, 0.15) is 0 Å². The number of hydrogen-bond donors (Lipinski definition) is 0. The highest BCUT2D eigenvalue weighted by Gasteiger charge is 2.07. The van der Waals surface area contributed by atoms with Gasteiger partial charge in [-0.3, -0.25) is 0 Å². The van der Waals surface area contributed by atoms with E-state index in [4.69, 9.17) is 12.6 Å². The van der Waals surface area contributed by atoms with Gasteiger partial charge in [0.2, 0.25) is 0 Å². The van der Waals surface area contributed by atoms with Crippen molar-refractivity contribution in [2.24, 2.45) is 0 Å². The minimum absolute atomic E-state index is 0.927. The van der Waals surface area contributed by atoms with E-state index in [0.29, 0.717) is 0 Å². The van der Waals surface area contributed by atoms with Crippen molar-refractivity contribution in [3.05, 3.63) is 0 Å².